The van der Waals surface area contributed by atoms with E-state index in [-0.39, 0.29) is 29.4 Å². The summed E-state index contributed by atoms with van der Waals surface area (Å²) in [6, 6.07) is 12.3. The summed E-state index contributed by atoms with van der Waals surface area (Å²) >= 11 is 0. The summed E-state index contributed by atoms with van der Waals surface area (Å²) in [5, 5.41) is 0. The number of carbonyl (C=O) groups is 1. The van der Waals surface area contributed by atoms with Crippen LogP contribution in [0.2, 0.25) is 0 Å². The number of hydrogen-bond acceptors (Lipinski definition) is 4. The van der Waals surface area contributed by atoms with Crippen LogP contribution in [0.4, 0.5) is 9.18 Å². The first-order chi connectivity index (χ1) is 15.9. The van der Waals surface area contributed by atoms with Crippen LogP contribution in [-0.4, -0.2) is 41.9 Å². The van der Waals surface area contributed by atoms with Crippen LogP contribution in [0.5, 0.6) is 0 Å². The lowest BCUT2D eigenvalue weighted by molar-refractivity contribution is 0.0202. The molecule has 0 spiro atoms. The maximum absolute atomic E-state index is 13.6. The molecule has 6 nitrogen and oxygen atoms in total. The largest absolute Gasteiger partial charge is 0.444 e. The summed E-state index contributed by atoms with van der Waals surface area (Å²) in [5.74, 6) is -0.0793. The number of aryl methyl sites for hydroxylation is 1. The highest BCUT2D eigenvalue weighted by molar-refractivity contribution is 7.89. The van der Waals surface area contributed by atoms with Gasteiger partial charge in [0, 0.05) is 12.7 Å². The summed E-state index contributed by atoms with van der Waals surface area (Å²) in [4.78, 5) is 14.7. The van der Waals surface area contributed by atoms with E-state index in [9.17, 15) is 17.6 Å². The van der Waals surface area contributed by atoms with Gasteiger partial charge in [-0.05, 0) is 81.9 Å². The molecular weight excluding hydrogens is 455 g/mol. The molecule has 4 rings (SSSR count). The van der Waals surface area contributed by atoms with Crippen molar-refractivity contribution in [2.75, 3.05) is 6.54 Å². The lowest BCUT2D eigenvalue weighted by Gasteiger charge is -2.40. The molecule has 2 atom stereocenters. The Morgan fingerprint density at radius 1 is 1.15 bits per heavy atom. The van der Waals surface area contributed by atoms with E-state index in [4.69, 9.17) is 4.74 Å². The van der Waals surface area contributed by atoms with Gasteiger partial charge in [-0.15, -0.1) is 0 Å². The van der Waals surface area contributed by atoms with Crippen molar-refractivity contribution in [3.63, 3.8) is 0 Å². The second-order valence-electron chi connectivity index (χ2n) is 10.1. The second-order valence-corrected chi connectivity index (χ2v) is 12.0. The number of carbonyl (C=O) groups excluding carboxylic acids is 1. The highest BCUT2D eigenvalue weighted by atomic mass is 32.2. The minimum atomic E-state index is -3.86. The average molecular weight is 487 g/mol. The molecule has 1 aliphatic carbocycles. The molecule has 2 fully saturated rings. The van der Waals surface area contributed by atoms with Crippen LogP contribution < -0.4 is 0 Å². The van der Waals surface area contributed by atoms with Crippen molar-refractivity contribution in [2.45, 2.75) is 63.6 Å². The number of fused-ring (bicyclic) bond motifs is 1. The van der Waals surface area contributed by atoms with Crippen molar-refractivity contribution >= 4 is 16.1 Å². The van der Waals surface area contributed by atoms with Crippen molar-refractivity contribution in [3.8, 4) is 0 Å². The first kappa shape index (κ1) is 24.3. The maximum atomic E-state index is 13.6. The topological polar surface area (TPSA) is 66.9 Å². The van der Waals surface area contributed by atoms with Crippen LogP contribution in [0.1, 0.15) is 44.7 Å². The number of halogens is 1. The van der Waals surface area contributed by atoms with Crippen LogP contribution in [0.15, 0.2) is 65.2 Å². The van der Waals surface area contributed by atoms with Crippen molar-refractivity contribution < 1.29 is 22.3 Å². The van der Waals surface area contributed by atoms with E-state index in [2.05, 4.69) is 0 Å². The number of likely N-dealkylation sites (tertiary alicyclic amines) is 1. The summed E-state index contributed by atoms with van der Waals surface area (Å²) in [6.07, 6.45) is 2.87. The molecular formula is C26H31FN2O4S. The van der Waals surface area contributed by atoms with Crippen molar-refractivity contribution in [3.05, 3.63) is 77.2 Å². The predicted octanol–water partition coefficient (Wildman–Crippen LogP) is 5.24. The molecule has 2 aromatic carbocycles. The molecule has 0 aromatic heterocycles. The molecule has 0 bridgehead atoms. The Morgan fingerprint density at radius 3 is 2.41 bits per heavy atom. The number of sulfonamides is 1. The first-order valence-corrected chi connectivity index (χ1v) is 12.9. The van der Waals surface area contributed by atoms with Gasteiger partial charge in [-0.25, -0.2) is 17.6 Å². The summed E-state index contributed by atoms with van der Waals surface area (Å²) in [7, 11) is -3.86. The maximum Gasteiger partial charge on any atom is 0.410 e. The zero-order valence-corrected chi connectivity index (χ0v) is 20.8. The molecule has 8 heteroatoms. The fourth-order valence-corrected chi connectivity index (χ4v) is 5.83. The van der Waals surface area contributed by atoms with Crippen LogP contribution in [0.3, 0.4) is 0 Å². The van der Waals surface area contributed by atoms with E-state index in [0.717, 1.165) is 24.0 Å². The minimum Gasteiger partial charge on any atom is -0.444 e. The van der Waals surface area contributed by atoms with Crippen molar-refractivity contribution in [1.29, 1.82) is 0 Å². The fourth-order valence-electron chi connectivity index (χ4n) is 4.49. The lowest BCUT2D eigenvalue weighted by Crippen LogP contribution is -2.47. The molecule has 1 saturated heterocycles. The average Bonchev–Trinajstić information content (AvgIpc) is 3.08. The summed E-state index contributed by atoms with van der Waals surface area (Å²) < 4.78 is 47.5. The Hall–Kier alpha value is -2.87. The first-order valence-electron chi connectivity index (χ1n) is 11.5. The molecule has 1 saturated carbocycles. The SMILES string of the molecule is Cc1ccc(S(=O)(=O)N(/C=C2/C[C@@H]3CCN(C(=O)OC(C)(C)C)[C@H]23)Cc2ccc(F)cc2)cc1. The zero-order valence-electron chi connectivity index (χ0n) is 20.0. The van der Waals surface area contributed by atoms with Crippen molar-refractivity contribution in [1.82, 2.24) is 9.21 Å². The molecule has 0 radical (unpaired) electrons. The van der Waals surface area contributed by atoms with Gasteiger partial charge in [0.15, 0.2) is 0 Å². The second kappa shape index (κ2) is 9.06. The standard InChI is InChI=1S/C26H31FN2O4S/c1-18-5-11-23(12-6-18)34(31,32)28(16-19-7-9-22(27)10-8-19)17-21-15-20-13-14-29(24(20)21)25(30)33-26(2,3)4/h5-12,17,20,24H,13-16H2,1-4H3/b21-17-/t20-,24-/m0/s1. The van der Waals surface area contributed by atoms with E-state index in [1.54, 1.807) is 47.5 Å². The quantitative estimate of drug-likeness (QED) is 0.580. The Morgan fingerprint density at radius 2 is 1.79 bits per heavy atom. The van der Waals surface area contributed by atoms with Gasteiger partial charge in [-0.1, -0.05) is 29.8 Å². The molecule has 1 amide bonds. The zero-order chi connectivity index (χ0) is 24.7. The Kier molecular flexibility index (Phi) is 6.46. The van der Waals surface area contributed by atoms with Gasteiger partial charge in [-0.3, -0.25) is 4.31 Å². The van der Waals surface area contributed by atoms with Gasteiger partial charge in [0.25, 0.3) is 10.0 Å². The van der Waals surface area contributed by atoms with Gasteiger partial charge in [0.2, 0.25) is 0 Å². The lowest BCUT2D eigenvalue weighted by atomic mass is 9.76. The van der Waals surface area contributed by atoms with Gasteiger partial charge >= 0.3 is 6.09 Å². The Balaban J connectivity index is 1.65. The molecule has 34 heavy (non-hydrogen) atoms. The number of amides is 1. The third-order valence-electron chi connectivity index (χ3n) is 6.22. The van der Waals surface area contributed by atoms with Gasteiger partial charge < -0.3 is 9.64 Å². The molecule has 2 aliphatic rings. The molecule has 0 unspecified atom stereocenters. The number of benzene rings is 2. The highest BCUT2D eigenvalue weighted by Gasteiger charge is 2.48. The molecule has 182 valence electrons. The minimum absolute atomic E-state index is 0.0593. The third-order valence-corrected chi connectivity index (χ3v) is 7.94. The van der Waals surface area contributed by atoms with Crippen LogP contribution in [-0.2, 0) is 21.3 Å². The smallest absolute Gasteiger partial charge is 0.410 e. The fraction of sp³-hybridized carbons (Fsp3) is 0.423. The van der Waals surface area contributed by atoms with Crippen LogP contribution in [0, 0.1) is 18.7 Å². The monoisotopic (exact) mass is 486 g/mol. The summed E-state index contributed by atoms with van der Waals surface area (Å²) in [5.41, 5.74) is 1.90. The van der Waals surface area contributed by atoms with Gasteiger partial charge in [0.1, 0.15) is 11.4 Å². The van der Waals surface area contributed by atoms with E-state index < -0.39 is 15.6 Å². The van der Waals surface area contributed by atoms with E-state index >= 15 is 0 Å². The number of hydrogen-bond donors (Lipinski definition) is 0. The van der Waals surface area contributed by atoms with Crippen LogP contribution in [0.25, 0.3) is 0 Å². The van der Waals surface area contributed by atoms with E-state index in [1.807, 2.05) is 27.7 Å². The number of rotatable bonds is 5. The Bertz CT molecular complexity index is 1180. The molecule has 0 N–H and O–H groups in total. The van der Waals surface area contributed by atoms with Gasteiger partial charge in [-0.2, -0.15) is 0 Å². The van der Waals surface area contributed by atoms with E-state index in [1.165, 1.54) is 16.4 Å². The van der Waals surface area contributed by atoms with E-state index in [0.29, 0.717) is 18.0 Å². The predicted molar refractivity (Wildman–Crippen MR) is 128 cm³/mol. The van der Waals surface area contributed by atoms with Crippen molar-refractivity contribution in [2.24, 2.45) is 5.92 Å². The van der Waals surface area contributed by atoms with Crippen LogP contribution >= 0.6 is 0 Å². The number of ether oxygens (including phenoxy) is 1. The molecule has 1 aliphatic heterocycles. The molecule has 1 heterocycles. The summed E-state index contributed by atoms with van der Waals surface area (Å²) in [6.45, 7) is 8.03. The highest BCUT2D eigenvalue weighted by Crippen LogP contribution is 2.45. The van der Waals surface area contributed by atoms with Gasteiger partial charge in [0.05, 0.1) is 17.5 Å². The Labute approximate surface area is 201 Å². The molecule has 2 aromatic rings. The number of nitrogens with zero attached hydrogens (tertiary/aromatic N) is 2. The third kappa shape index (κ3) is 5.12. The normalized spacial score (nSPS) is 21.2.